The van der Waals surface area contributed by atoms with Crippen LogP contribution in [0.2, 0.25) is 0 Å². The second-order valence-electron chi connectivity index (χ2n) is 5.32. The Balaban J connectivity index is 1.56. The van der Waals surface area contributed by atoms with E-state index in [1.165, 1.54) is 0 Å². The zero-order valence-corrected chi connectivity index (χ0v) is 12.5. The Morgan fingerprint density at radius 2 is 2.00 bits per heavy atom. The molecule has 3 rings (SSSR count). The molecule has 1 N–H and O–H groups in total. The average molecular weight is 294 g/mol. The van der Waals surface area contributed by atoms with Gasteiger partial charge in [-0.05, 0) is 36.8 Å². The van der Waals surface area contributed by atoms with Crippen LogP contribution in [-0.4, -0.2) is 10.9 Å². The van der Waals surface area contributed by atoms with Crippen LogP contribution in [0, 0.1) is 0 Å². The molecule has 0 radical (unpaired) electrons. The van der Waals surface area contributed by atoms with Crippen LogP contribution in [0.15, 0.2) is 59.3 Å². The van der Waals surface area contributed by atoms with E-state index in [0.717, 1.165) is 22.3 Å². The molecular formula is C18H18N2O2. The number of fused-ring (bicyclic) bond motifs is 1. The summed E-state index contributed by atoms with van der Waals surface area (Å²) in [6, 6.07) is 13.6. The molecule has 1 amide bonds. The first-order valence-electron chi connectivity index (χ1n) is 7.39. The number of carbonyl (C=O) groups is 1. The third kappa shape index (κ3) is 3.34. The number of hydrogen-bond donors (Lipinski definition) is 1. The molecule has 3 aromatic rings. The molecule has 4 nitrogen and oxygen atoms in total. The predicted molar refractivity (Wildman–Crippen MR) is 85.3 cm³/mol. The van der Waals surface area contributed by atoms with Gasteiger partial charge in [0.15, 0.2) is 0 Å². The van der Waals surface area contributed by atoms with Crippen LogP contribution >= 0.6 is 0 Å². The van der Waals surface area contributed by atoms with Gasteiger partial charge < -0.3 is 9.73 Å². The number of para-hydroxylation sites is 1. The average Bonchev–Trinajstić information content (AvgIpc) is 2.96. The number of pyridine rings is 1. The summed E-state index contributed by atoms with van der Waals surface area (Å²) in [6.45, 7) is 1.97. The van der Waals surface area contributed by atoms with Crippen molar-refractivity contribution in [2.24, 2.45) is 0 Å². The molecule has 1 atom stereocenters. The van der Waals surface area contributed by atoms with Gasteiger partial charge in [0.05, 0.1) is 6.04 Å². The normalized spacial score (nSPS) is 12.2. The third-order valence-corrected chi connectivity index (χ3v) is 3.66. The van der Waals surface area contributed by atoms with Crippen LogP contribution in [0.5, 0.6) is 0 Å². The maximum Gasteiger partial charge on any atom is 0.220 e. The van der Waals surface area contributed by atoms with Crippen LogP contribution in [0.25, 0.3) is 11.0 Å². The number of benzene rings is 1. The first kappa shape index (κ1) is 14.3. The van der Waals surface area contributed by atoms with Crippen LogP contribution < -0.4 is 5.32 Å². The molecule has 0 spiro atoms. The number of amides is 1. The minimum atomic E-state index is -0.0221. The second kappa shape index (κ2) is 6.43. The van der Waals surface area contributed by atoms with Crippen molar-refractivity contribution in [3.05, 3.63) is 66.2 Å². The topological polar surface area (TPSA) is 55.1 Å². The zero-order chi connectivity index (χ0) is 15.4. The van der Waals surface area contributed by atoms with Gasteiger partial charge in [0, 0.05) is 30.6 Å². The van der Waals surface area contributed by atoms with Gasteiger partial charge in [-0.25, -0.2) is 0 Å². The Labute approximate surface area is 129 Å². The van der Waals surface area contributed by atoms with Crippen molar-refractivity contribution in [3.8, 4) is 0 Å². The molecule has 0 saturated heterocycles. The number of rotatable bonds is 5. The van der Waals surface area contributed by atoms with Crippen molar-refractivity contribution in [2.45, 2.75) is 25.8 Å². The molecule has 0 aliphatic heterocycles. The summed E-state index contributed by atoms with van der Waals surface area (Å²) in [6.07, 6.45) is 4.47. The van der Waals surface area contributed by atoms with Crippen molar-refractivity contribution < 1.29 is 9.21 Å². The van der Waals surface area contributed by atoms with E-state index in [1.54, 1.807) is 12.4 Å². The minimum Gasteiger partial charge on any atom is -0.461 e. The largest absolute Gasteiger partial charge is 0.461 e. The van der Waals surface area contributed by atoms with Crippen molar-refractivity contribution in [2.75, 3.05) is 0 Å². The van der Waals surface area contributed by atoms with Crippen LogP contribution in [-0.2, 0) is 11.2 Å². The van der Waals surface area contributed by atoms with E-state index in [9.17, 15) is 4.79 Å². The maximum atomic E-state index is 12.0. The highest BCUT2D eigenvalue weighted by molar-refractivity contribution is 5.79. The molecule has 2 heterocycles. The number of aromatic nitrogens is 1. The SMILES string of the molecule is C[C@@H](NC(=O)CCc1cc2ccccc2o1)c1ccncc1. The van der Waals surface area contributed by atoms with Crippen molar-refractivity contribution >= 4 is 16.9 Å². The fourth-order valence-corrected chi connectivity index (χ4v) is 2.45. The maximum absolute atomic E-state index is 12.0. The summed E-state index contributed by atoms with van der Waals surface area (Å²) in [5, 5.41) is 4.06. The molecule has 0 bridgehead atoms. The van der Waals surface area contributed by atoms with Crippen LogP contribution in [0.4, 0.5) is 0 Å². The van der Waals surface area contributed by atoms with Gasteiger partial charge in [0.1, 0.15) is 11.3 Å². The highest BCUT2D eigenvalue weighted by Crippen LogP contribution is 2.20. The highest BCUT2D eigenvalue weighted by Gasteiger charge is 2.11. The van der Waals surface area contributed by atoms with Gasteiger partial charge in [0.2, 0.25) is 5.91 Å². The lowest BCUT2D eigenvalue weighted by atomic mass is 10.1. The number of carbonyl (C=O) groups excluding carboxylic acids is 1. The lowest BCUT2D eigenvalue weighted by Crippen LogP contribution is -2.26. The third-order valence-electron chi connectivity index (χ3n) is 3.66. The monoisotopic (exact) mass is 294 g/mol. The molecule has 0 saturated carbocycles. The van der Waals surface area contributed by atoms with Gasteiger partial charge in [-0.1, -0.05) is 18.2 Å². The van der Waals surface area contributed by atoms with Gasteiger partial charge in [-0.3, -0.25) is 9.78 Å². The van der Waals surface area contributed by atoms with Gasteiger partial charge in [0.25, 0.3) is 0 Å². The summed E-state index contributed by atoms with van der Waals surface area (Å²) in [5.74, 6) is 0.859. The van der Waals surface area contributed by atoms with Gasteiger partial charge in [-0.2, -0.15) is 0 Å². The Morgan fingerprint density at radius 1 is 1.23 bits per heavy atom. The number of furan rings is 1. The Morgan fingerprint density at radius 3 is 2.77 bits per heavy atom. The molecule has 1 aromatic carbocycles. The van der Waals surface area contributed by atoms with Crippen molar-refractivity contribution in [1.29, 1.82) is 0 Å². The van der Waals surface area contributed by atoms with E-state index in [1.807, 2.05) is 49.4 Å². The molecule has 0 unspecified atom stereocenters. The number of nitrogens with zero attached hydrogens (tertiary/aromatic N) is 1. The minimum absolute atomic E-state index is 0.0183. The van der Waals surface area contributed by atoms with Crippen LogP contribution in [0.1, 0.15) is 30.7 Å². The lowest BCUT2D eigenvalue weighted by molar-refractivity contribution is -0.121. The van der Waals surface area contributed by atoms with E-state index in [-0.39, 0.29) is 11.9 Å². The van der Waals surface area contributed by atoms with Gasteiger partial charge >= 0.3 is 0 Å². The van der Waals surface area contributed by atoms with Gasteiger partial charge in [-0.15, -0.1) is 0 Å². The lowest BCUT2D eigenvalue weighted by Gasteiger charge is -2.13. The van der Waals surface area contributed by atoms with E-state index in [4.69, 9.17) is 4.42 Å². The molecule has 112 valence electrons. The van der Waals surface area contributed by atoms with E-state index in [2.05, 4.69) is 10.3 Å². The first-order valence-corrected chi connectivity index (χ1v) is 7.39. The predicted octanol–water partition coefficient (Wildman–Crippen LogP) is 3.64. The molecule has 0 fully saturated rings. The summed E-state index contributed by atoms with van der Waals surface area (Å²) < 4.78 is 5.72. The molecule has 2 aromatic heterocycles. The Bertz CT molecular complexity index is 732. The summed E-state index contributed by atoms with van der Waals surface area (Å²) >= 11 is 0. The summed E-state index contributed by atoms with van der Waals surface area (Å²) in [4.78, 5) is 16.0. The Kier molecular flexibility index (Phi) is 4.19. The Hall–Kier alpha value is -2.62. The molecule has 4 heteroatoms. The summed E-state index contributed by atoms with van der Waals surface area (Å²) in [5.41, 5.74) is 1.91. The van der Waals surface area contributed by atoms with Crippen molar-refractivity contribution in [1.82, 2.24) is 10.3 Å². The second-order valence-corrected chi connectivity index (χ2v) is 5.32. The van der Waals surface area contributed by atoms with E-state index in [0.29, 0.717) is 12.8 Å². The zero-order valence-electron chi connectivity index (χ0n) is 12.5. The number of nitrogens with one attached hydrogen (secondary N) is 1. The molecule has 22 heavy (non-hydrogen) atoms. The fraction of sp³-hybridized carbons (Fsp3) is 0.222. The fourth-order valence-electron chi connectivity index (χ4n) is 2.45. The van der Waals surface area contributed by atoms with Crippen LogP contribution in [0.3, 0.4) is 0 Å². The molecule has 0 aliphatic carbocycles. The standard InChI is InChI=1S/C18H18N2O2/c1-13(14-8-10-19-11-9-14)20-18(21)7-6-16-12-15-4-2-3-5-17(15)22-16/h2-5,8-13H,6-7H2,1H3,(H,20,21)/t13-/m1/s1. The summed E-state index contributed by atoms with van der Waals surface area (Å²) in [7, 11) is 0. The molecular weight excluding hydrogens is 276 g/mol. The van der Waals surface area contributed by atoms with Crippen molar-refractivity contribution in [3.63, 3.8) is 0 Å². The smallest absolute Gasteiger partial charge is 0.220 e. The molecule has 0 aliphatic rings. The highest BCUT2D eigenvalue weighted by atomic mass is 16.3. The quantitative estimate of drug-likeness (QED) is 0.781. The number of hydrogen-bond acceptors (Lipinski definition) is 3. The van der Waals surface area contributed by atoms with E-state index < -0.39 is 0 Å². The van der Waals surface area contributed by atoms with E-state index >= 15 is 0 Å². The first-order chi connectivity index (χ1) is 10.7. The number of aryl methyl sites for hydroxylation is 1.